The molecule has 0 spiro atoms. The molecule has 0 saturated heterocycles. The van der Waals surface area contributed by atoms with Gasteiger partial charge in [0.05, 0.1) is 22.0 Å². The fourth-order valence-corrected chi connectivity index (χ4v) is 2.94. The lowest BCUT2D eigenvalue weighted by Gasteiger charge is -2.07. The van der Waals surface area contributed by atoms with Crippen molar-refractivity contribution in [2.75, 3.05) is 12.4 Å². The Bertz CT molecular complexity index is 815. The molecule has 3 aromatic rings. The zero-order chi connectivity index (χ0) is 16.2. The van der Waals surface area contributed by atoms with Crippen LogP contribution in [0, 0.1) is 0 Å². The molecule has 6 nitrogen and oxygen atoms in total. The molecular weight excluding hydrogens is 334 g/mol. The number of halogens is 1. The van der Waals surface area contributed by atoms with Gasteiger partial charge in [0.25, 0.3) is 5.91 Å². The first-order valence-corrected chi connectivity index (χ1v) is 8.14. The lowest BCUT2D eigenvalue weighted by atomic mass is 10.2. The zero-order valence-corrected chi connectivity index (χ0v) is 13.8. The Balaban J connectivity index is 1.67. The molecule has 23 heavy (non-hydrogen) atoms. The van der Waals surface area contributed by atoms with Crippen molar-refractivity contribution in [3.8, 4) is 10.7 Å². The van der Waals surface area contributed by atoms with Crippen molar-refractivity contribution < 1.29 is 4.79 Å². The van der Waals surface area contributed by atoms with Gasteiger partial charge in [0.2, 0.25) is 0 Å². The smallest absolute Gasteiger partial charge is 0.252 e. The van der Waals surface area contributed by atoms with E-state index in [-0.39, 0.29) is 5.91 Å². The zero-order valence-electron chi connectivity index (χ0n) is 12.3. The van der Waals surface area contributed by atoms with E-state index >= 15 is 0 Å². The topological polar surface area (TPSA) is 82.7 Å². The van der Waals surface area contributed by atoms with Gasteiger partial charge < -0.3 is 10.6 Å². The number of carbonyl (C=O) groups excluding carboxylic acids is 1. The van der Waals surface area contributed by atoms with Gasteiger partial charge in [-0.3, -0.25) is 9.89 Å². The number of nitrogens with one attached hydrogen (secondary N) is 3. The fraction of sp³-hybridized carbons (Fsp3) is 0.133. The Morgan fingerprint density at radius 3 is 2.96 bits per heavy atom. The van der Waals surface area contributed by atoms with Crippen LogP contribution in [0.25, 0.3) is 10.7 Å². The molecule has 1 aromatic carbocycles. The second-order valence-electron chi connectivity index (χ2n) is 4.71. The average molecular weight is 348 g/mol. The lowest BCUT2D eigenvalue weighted by Crippen LogP contribution is -2.18. The number of aromatic nitrogens is 3. The van der Waals surface area contributed by atoms with E-state index < -0.39 is 0 Å². The first-order valence-electron chi connectivity index (χ1n) is 6.88. The van der Waals surface area contributed by atoms with Crippen molar-refractivity contribution in [3.63, 3.8) is 0 Å². The Labute approximate surface area is 141 Å². The monoisotopic (exact) mass is 347 g/mol. The highest BCUT2D eigenvalue weighted by Gasteiger charge is 2.10. The van der Waals surface area contributed by atoms with E-state index in [0.29, 0.717) is 23.0 Å². The number of thiophene rings is 1. The van der Waals surface area contributed by atoms with Gasteiger partial charge in [-0.25, -0.2) is 4.98 Å². The number of hydrogen-bond acceptors (Lipinski definition) is 5. The Morgan fingerprint density at radius 2 is 2.26 bits per heavy atom. The summed E-state index contributed by atoms with van der Waals surface area (Å²) in [6, 6.07) is 9.13. The van der Waals surface area contributed by atoms with Crippen LogP contribution < -0.4 is 10.6 Å². The maximum Gasteiger partial charge on any atom is 0.252 e. The second-order valence-corrected chi connectivity index (χ2v) is 6.07. The summed E-state index contributed by atoms with van der Waals surface area (Å²) < 4.78 is 0. The summed E-state index contributed by atoms with van der Waals surface area (Å²) in [6.07, 6.45) is 0. The normalized spacial score (nSPS) is 10.5. The van der Waals surface area contributed by atoms with Gasteiger partial charge in [-0.05, 0) is 29.6 Å². The molecule has 118 valence electrons. The van der Waals surface area contributed by atoms with Gasteiger partial charge in [0.1, 0.15) is 5.82 Å². The molecule has 0 atom stereocenters. The maximum absolute atomic E-state index is 11.6. The highest BCUT2D eigenvalue weighted by atomic mass is 35.5. The van der Waals surface area contributed by atoms with Crippen molar-refractivity contribution in [1.82, 2.24) is 20.5 Å². The first kappa shape index (κ1) is 15.5. The standard InChI is InChI=1S/C15H14ClN5OS/c1-17-15(22)10-5-4-9(7-11(10)16)18-8-13-19-14(21-20-13)12-3-2-6-23-12/h2-7,18H,8H2,1H3,(H,17,22)(H,19,20,21). The van der Waals surface area contributed by atoms with E-state index in [1.54, 1.807) is 36.6 Å². The Hall–Kier alpha value is -2.38. The van der Waals surface area contributed by atoms with Crippen LogP contribution in [-0.4, -0.2) is 28.1 Å². The minimum Gasteiger partial charge on any atom is -0.378 e. The lowest BCUT2D eigenvalue weighted by molar-refractivity contribution is 0.0963. The third kappa shape index (κ3) is 3.52. The molecule has 1 amide bonds. The Kier molecular flexibility index (Phi) is 4.59. The number of carbonyl (C=O) groups is 1. The molecule has 0 aliphatic rings. The summed E-state index contributed by atoms with van der Waals surface area (Å²) in [6.45, 7) is 0.480. The molecular formula is C15H14ClN5OS. The van der Waals surface area contributed by atoms with Gasteiger partial charge >= 0.3 is 0 Å². The molecule has 0 saturated carbocycles. The summed E-state index contributed by atoms with van der Waals surface area (Å²) in [7, 11) is 1.57. The fourth-order valence-electron chi connectivity index (χ4n) is 2.02. The number of benzene rings is 1. The van der Waals surface area contributed by atoms with E-state index in [9.17, 15) is 4.79 Å². The van der Waals surface area contributed by atoms with E-state index in [0.717, 1.165) is 16.4 Å². The molecule has 0 aliphatic carbocycles. The van der Waals surface area contributed by atoms with E-state index in [1.165, 1.54) is 0 Å². The largest absolute Gasteiger partial charge is 0.378 e. The summed E-state index contributed by atoms with van der Waals surface area (Å²) in [5, 5.41) is 15.2. The summed E-state index contributed by atoms with van der Waals surface area (Å²) in [4.78, 5) is 17.1. The minimum atomic E-state index is -0.211. The van der Waals surface area contributed by atoms with Crippen LogP contribution in [0.5, 0.6) is 0 Å². The molecule has 8 heteroatoms. The number of aromatic amines is 1. The molecule has 3 rings (SSSR count). The van der Waals surface area contributed by atoms with Crippen molar-refractivity contribution in [2.45, 2.75) is 6.54 Å². The molecule has 2 aromatic heterocycles. The average Bonchev–Trinajstić information content (AvgIpc) is 3.23. The molecule has 0 unspecified atom stereocenters. The van der Waals surface area contributed by atoms with Crippen LogP contribution >= 0.6 is 22.9 Å². The van der Waals surface area contributed by atoms with Crippen molar-refractivity contribution >= 4 is 34.5 Å². The number of hydrogen-bond donors (Lipinski definition) is 3. The van der Waals surface area contributed by atoms with Crippen LogP contribution in [0.1, 0.15) is 16.2 Å². The minimum absolute atomic E-state index is 0.211. The van der Waals surface area contributed by atoms with Gasteiger partial charge in [-0.15, -0.1) is 11.3 Å². The molecule has 0 fully saturated rings. The number of rotatable bonds is 5. The number of anilines is 1. The maximum atomic E-state index is 11.6. The van der Waals surface area contributed by atoms with Crippen LogP contribution in [0.15, 0.2) is 35.7 Å². The van der Waals surface area contributed by atoms with Crippen molar-refractivity contribution in [2.24, 2.45) is 0 Å². The van der Waals surface area contributed by atoms with E-state index in [4.69, 9.17) is 11.6 Å². The predicted molar refractivity (Wildman–Crippen MR) is 91.9 cm³/mol. The van der Waals surface area contributed by atoms with Crippen molar-refractivity contribution in [1.29, 1.82) is 0 Å². The van der Waals surface area contributed by atoms with Gasteiger partial charge in [0, 0.05) is 12.7 Å². The van der Waals surface area contributed by atoms with Crippen molar-refractivity contribution in [3.05, 3.63) is 52.1 Å². The van der Waals surface area contributed by atoms with Gasteiger partial charge in [0.15, 0.2) is 5.82 Å². The number of nitrogens with zero attached hydrogens (tertiary/aromatic N) is 2. The third-order valence-electron chi connectivity index (χ3n) is 3.17. The molecule has 0 aliphatic heterocycles. The molecule has 3 N–H and O–H groups in total. The van der Waals surface area contributed by atoms with Gasteiger partial charge in [-0.1, -0.05) is 17.7 Å². The van der Waals surface area contributed by atoms with E-state index in [1.807, 2.05) is 17.5 Å². The summed E-state index contributed by atoms with van der Waals surface area (Å²) in [5.74, 6) is 1.20. The Morgan fingerprint density at radius 1 is 1.39 bits per heavy atom. The number of H-pyrrole nitrogens is 1. The molecule has 0 radical (unpaired) electrons. The van der Waals surface area contributed by atoms with Crippen LogP contribution in [0.3, 0.4) is 0 Å². The highest BCUT2D eigenvalue weighted by Crippen LogP contribution is 2.22. The summed E-state index contributed by atoms with van der Waals surface area (Å²) >= 11 is 7.71. The highest BCUT2D eigenvalue weighted by molar-refractivity contribution is 7.13. The molecule has 0 bridgehead atoms. The second kappa shape index (κ2) is 6.80. The third-order valence-corrected chi connectivity index (χ3v) is 4.35. The number of amides is 1. The predicted octanol–water partition coefficient (Wildman–Crippen LogP) is 3.16. The SMILES string of the molecule is CNC(=O)c1ccc(NCc2nc(-c3cccs3)n[nH]2)cc1Cl. The quantitative estimate of drug-likeness (QED) is 0.662. The van der Waals surface area contributed by atoms with Crippen LogP contribution in [-0.2, 0) is 6.54 Å². The van der Waals surface area contributed by atoms with Crippen LogP contribution in [0.2, 0.25) is 5.02 Å². The van der Waals surface area contributed by atoms with Gasteiger partial charge in [-0.2, -0.15) is 5.10 Å². The molecule has 2 heterocycles. The van der Waals surface area contributed by atoms with Crippen LogP contribution in [0.4, 0.5) is 5.69 Å². The van der Waals surface area contributed by atoms with E-state index in [2.05, 4.69) is 25.8 Å². The first-order chi connectivity index (χ1) is 11.2. The summed E-state index contributed by atoms with van der Waals surface area (Å²) in [5.41, 5.74) is 1.25.